The van der Waals surface area contributed by atoms with Gasteiger partial charge in [0.15, 0.2) is 0 Å². The Bertz CT molecular complexity index is 428. The van der Waals surface area contributed by atoms with E-state index < -0.39 is 0 Å². The molecular weight excluding hydrogens is 148 g/mol. The molecule has 0 bridgehead atoms. The van der Waals surface area contributed by atoms with E-state index in [1.54, 1.807) is 0 Å². The van der Waals surface area contributed by atoms with Gasteiger partial charge in [0.1, 0.15) is 0 Å². The van der Waals surface area contributed by atoms with E-state index in [1.165, 1.54) is 22.0 Å². The predicted octanol–water partition coefficient (Wildman–Crippen LogP) is 1.77. The molecule has 1 aliphatic heterocycles. The lowest BCUT2D eigenvalue weighted by molar-refractivity contribution is 0.766. The molecule has 2 heterocycles. The largest absolute Gasteiger partial charge is 0.361 e. The summed E-state index contributed by atoms with van der Waals surface area (Å²) in [6, 6.07) is 6.51. The minimum Gasteiger partial charge on any atom is -0.361 e. The van der Waals surface area contributed by atoms with E-state index in [1.807, 2.05) is 6.20 Å². The molecule has 0 aliphatic carbocycles. The Hall–Kier alpha value is -1.28. The molecule has 0 radical (unpaired) electrons. The average molecular weight is 158 g/mol. The highest BCUT2D eigenvalue weighted by molar-refractivity contribution is 5.84. The van der Waals surface area contributed by atoms with Gasteiger partial charge in [0.2, 0.25) is 0 Å². The third-order valence-corrected chi connectivity index (χ3v) is 2.56. The number of hydrogen-bond acceptors (Lipinski definition) is 1. The average Bonchev–Trinajstić information content (AvgIpc) is 2.71. The summed E-state index contributed by atoms with van der Waals surface area (Å²) in [7, 11) is 0. The van der Waals surface area contributed by atoms with E-state index in [9.17, 15) is 0 Å². The normalized spacial score (nSPS) is 15.3. The monoisotopic (exact) mass is 158 g/mol. The van der Waals surface area contributed by atoms with Crippen molar-refractivity contribution in [3.8, 4) is 0 Å². The van der Waals surface area contributed by atoms with Gasteiger partial charge in [-0.2, -0.15) is 0 Å². The molecule has 1 aromatic heterocycles. The molecule has 0 spiro atoms. The van der Waals surface area contributed by atoms with Crippen molar-refractivity contribution in [1.82, 2.24) is 10.3 Å². The highest BCUT2D eigenvalue weighted by Crippen LogP contribution is 2.24. The Morgan fingerprint density at radius 1 is 1.08 bits per heavy atom. The lowest BCUT2D eigenvalue weighted by Gasteiger charge is -1.98. The number of rotatable bonds is 0. The Morgan fingerprint density at radius 3 is 3.08 bits per heavy atom. The summed E-state index contributed by atoms with van der Waals surface area (Å²) in [5.41, 5.74) is 4.16. The van der Waals surface area contributed by atoms with Crippen LogP contribution in [0.25, 0.3) is 10.9 Å². The van der Waals surface area contributed by atoms with Gasteiger partial charge >= 0.3 is 0 Å². The van der Waals surface area contributed by atoms with Crippen molar-refractivity contribution in [1.29, 1.82) is 0 Å². The molecule has 0 fully saturated rings. The maximum Gasteiger partial charge on any atom is 0.0457 e. The zero-order valence-electron chi connectivity index (χ0n) is 6.72. The van der Waals surface area contributed by atoms with Gasteiger partial charge < -0.3 is 10.3 Å². The summed E-state index contributed by atoms with van der Waals surface area (Å²) >= 11 is 0. The van der Waals surface area contributed by atoms with Crippen LogP contribution in [0.4, 0.5) is 0 Å². The van der Waals surface area contributed by atoms with Gasteiger partial charge in [-0.3, -0.25) is 0 Å². The highest BCUT2D eigenvalue weighted by atomic mass is 14.9. The quantitative estimate of drug-likeness (QED) is 0.601. The fraction of sp³-hybridized carbons (Fsp3) is 0.200. The summed E-state index contributed by atoms with van der Waals surface area (Å²) < 4.78 is 0. The highest BCUT2D eigenvalue weighted by Gasteiger charge is 2.12. The summed E-state index contributed by atoms with van der Waals surface area (Å²) in [6.45, 7) is 2.04. The van der Waals surface area contributed by atoms with Gasteiger partial charge in [0, 0.05) is 30.2 Å². The number of nitrogens with one attached hydrogen (secondary N) is 2. The molecule has 1 aromatic carbocycles. The zero-order valence-corrected chi connectivity index (χ0v) is 6.72. The first-order chi connectivity index (χ1) is 5.95. The minimum atomic E-state index is 1.02. The lowest BCUT2D eigenvalue weighted by atomic mass is 10.1. The van der Waals surface area contributed by atoms with Crippen molar-refractivity contribution < 1.29 is 0 Å². The van der Waals surface area contributed by atoms with Gasteiger partial charge in [0.05, 0.1) is 0 Å². The molecule has 0 saturated carbocycles. The molecule has 0 amide bonds. The van der Waals surface area contributed by atoms with Crippen molar-refractivity contribution in [2.75, 3.05) is 0 Å². The molecule has 12 heavy (non-hydrogen) atoms. The third-order valence-electron chi connectivity index (χ3n) is 2.56. The Balaban J connectivity index is 2.46. The molecule has 60 valence electrons. The second kappa shape index (κ2) is 2.11. The molecular formula is C10H10N2. The second-order valence-electron chi connectivity index (χ2n) is 3.25. The van der Waals surface area contributed by atoms with Crippen molar-refractivity contribution in [3.05, 3.63) is 35.5 Å². The standard InChI is InChI=1S/C10H10N2/c1-2-10-8(3-4-12-10)9-6-11-5-7(1)9/h1-4,11-12H,5-6H2. The van der Waals surface area contributed by atoms with Crippen LogP contribution in [0.1, 0.15) is 11.1 Å². The van der Waals surface area contributed by atoms with Crippen LogP contribution in [0.2, 0.25) is 0 Å². The zero-order chi connectivity index (χ0) is 7.97. The summed E-state index contributed by atoms with van der Waals surface area (Å²) in [5, 5.41) is 4.73. The van der Waals surface area contributed by atoms with Crippen molar-refractivity contribution >= 4 is 10.9 Å². The summed E-state index contributed by atoms with van der Waals surface area (Å²) in [5.74, 6) is 0. The second-order valence-corrected chi connectivity index (χ2v) is 3.25. The predicted molar refractivity (Wildman–Crippen MR) is 48.8 cm³/mol. The van der Waals surface area contributed by atoms with Crippen LogP contribution >= 0.6 is 0 Å². The van der Waals surface area contributed by atoms with Gasteiger partial charge in [-0.05, 0) is 23.3 Å². The first kappa shape index (κ1) is 6.26. The molecule has 0 atom stereocenters. The Kier molecular flexibility index (Phi) is 1.10. The summed E-state index contributed by atoms with van der Waals surface area (Å²) in [4.78, 5) is 3.22. The maximum absolute atomic E-state index is 3.36. The Labute approximate surface area is 70.6 Å². The molecule has 1 aliphatic rings. The smallest absolute Gasteiger partial charge is 0.0457 e. The van der Waals surface area contributed by atoms with Crippen LogP contribution in [0.5, 0.6) is 0 Å². The minimum absolute atomic E-state index is 1.02. The van der Waals surface area contributed by atoms with Gasteiger partial charge in [0.25, 0.3) is 0 Å². The van der Waals surface area contributed by atoms with Gasteiger partial charge in [-0.15, -0.1) is 0 Å². The molecule has 2 nitrogen and oxygen atoms in total. The third kappa shape index (κ3) is 0.676. The van der Waals surface area contributed by atoms with E-state index >= 15 is 0 Å². The van der Waals surface area contributed by atoms with Crippen LogP contribution in [-0.2, 0) is 13.1 Å². The van der Waals surface area contributed by atoms with Crippen LogP contribution in [0, 0.1) is 0 Å². The number of hydrogen-bond donors (Lipinski definition) is 2. The van der Waals surface area contributed by atoms with Crippen LogP contribution in [0.15, 0.2) is 24.4 Å². The van der Waals surface area contributed by atoms with Crippen LogP contribution < -0.4 is 5.32 Å². The van der Waals surface area contributed by atoms with Crippen molar-refractivity contribution in [3.63, 3.8) is 0 Å². The van der Waals surface area contributed by atoms with Crippen LogP contribution in [-0.4, -0.2) is 4.98 Å². The molecule has 2 aromatic rings. The fourth-order valence-corrected chi connectivity index (χ4v) is 1.94. The summed E-state index contributed by atoms with van der Waals surface area (Å²) in [6.07, 6.45) is 2.00. The van der Waals surface area contributed by atoms with E-state index in [0.717, 1.165) is 13.1 Å². The lowest BCUT2D eigenvalue weighted by Crippen LogP contribution is -1.99. The van der Waals surface area contributed by atoms with Crippen molar-refractivity contribution in [2.45, 2.75) is 13.1 Å². The molecule has 0 saturated heterocycles. The number of aromatic amines is 1. The van der Waals surface area contributed by atoms with E-state index in [4.69, 9.17) is 0 Å². The SMILES string of the molecule is c1cc2c3c(ccc2[nH]1)CNC3. The topological polar surface area (TPSA) is 27.8 Å². The van der Waals surface area contributed by atoms with Gasteiger partial charge in [-0.25, -0.2) is 0 Å². The Morgan fingerprint density at radius 2 is 2.08 bits per heavy atom. The molecule has 0 unspecified atom stereocenters. The van der Waals surface area contributed by atoms with Gasteiger partial charge in [-0.1, -0.05) is 6.07 Å². The number of benzene rings is 1. The van der Waals surface area contributed by atoms with E-state index in [2.05, 4.69) is 28.5 Å². The number of fused-ring (bicyclic) bond motifs is 3. The number of aromatic nitrogens is 1. The van der Waals surface area contributed by atoms with E-state index in [0.29, 0.717) is 0 Å². The number of H-pyrrole nitrogens is 1. The molecule has 3 rings (SSSR count). The maximum atomic E-state index is 3.36. The molecule has 2 N–H and O–H groups in total. The van der Waals surface area contributed by atoms with Crippen molar-refractivity contribution in [2.24, 2.45) is 0 Å². The van der Waals surface area contributed by atoms with E-state index in [-0.39, 0.29) is 0 Å². The van der Waals surface area contributed by atoms with Crippen LogP contribution in [0.3, 0.4) is 0 Å². The first-order valence-electron chi connectivity index (χ1n) is 4.24. The first-order valence-corrected chi connectivity index (χ1v) is 4.24. The fourth-order valence-electron chi connectivity index (χ4n) is 1.94. The molecule has 2 heteroatoms.